The third kappa shape index (κ3) is 2.72. The van der Waals surface area contributed by atoms with Crippen LogP contribution < -0.4 is 11.1 Å². The summed E-state index contributed by atoms with van der Waals surface area (Å²) in [5.41, 5.74) is 7.80. The van der Waals surface area contributed by atoms with E-state index in [2.05, 4.69) is 17.3 Å². The van der Waals surface area contributed by atoms with E-state index in [1.807, 2.05) is 11.7 Å². The second-order valence-electron chi connectivity index (χ2n) is 4.63. The lowest BCUT2D eigenvalue weighted by Crippen LogP contribution is -2.12. The van der Waals surface area contributed by atoms with Crippen LogP contribution in [0.4, 0.5) is 11.5 Å². The van der Waals surface area contributed by atoms with Gasteiger partial charge in [0.2, 0.25) is 0 Å². The molecule has 0 saturated carbocycles. The van der Waals surface area contributed by atoms with Gasteiger partial charge in [-0.2, -0.15) is 5.10 Å². The van der Waals surface area contributed by atoms with Gasteiger partial charge in [0.1, 0.15) is 5.82 Å². The maximum Gasteiger partial charge on any atom is 0.147 e. The molecule has 1 aromatic rings. The number of aromatic nitrogens is 2. The maximum atomic E-state index is 6.04. The molecule has 0 bridgehead atoms. The predicted octanol–water partition coefficient (Wildman–Crippen LogP) is 1.40. The first kappa shape index (κ1) is 12.2. The molecule has 1 aliphatic heterocycles. The van der Waals surface area contributed by atoms with Crippen LogP contribution in [0.5, 0.6) is 0 Å². The molecule has 96 valence electrons. The van der Waals surface area contributed by atoms with Crippen LogP contribution in [0.15, 0.2) is 0 Å². The van der Waals surface area contributed by atoms with Gasteiger partial charge in [-0.1, -0.05) is 6.92 Å². The smallest absolute Gasteiger partial charge is 0.147 e. The molecule has 0 radical (unpaired) electrons. The van der Waals surface area contributed by atoms with Crippen LogP contribution in [-0.2, 0) is 18.2 Å². The van der Waals surface area contributed by atoms with Crippen molar-refractivity contribution in [2.24, 2.45) is 13.0 Å². The maximum absolute atomic E-state index is 6.04. The second-order valence-corrected chi connectivity index (χ2v) is 4.63. The Morgan fingerprint density at radius 3 is 3.00 bits per heavy atom. The normalized spacial score (nSPS) is 19.8. The zero-order valence-corrected chi connectivity index (χ0v) is 10.7. The molecule has 2 rings (SSSR count). The van der Waals surface area contributed by atoms with Crippen LogP contribution in [0.25, 0.3) is 0 Å². The number of nitrogens with two attached hydrogens (primary N) is 1. The number of hydrogen-bond acceptors (Lipinski definition) is 4. The highest BCUT2D eigenvalue weighted by Crippen LogP contribution is 2.23. The first-order valence-electron chi connectivity index (χ1n) is 6.35. The summed E-state index contributed by atoms with van der Waals surface area (Å²) in [5.74, 6) is 1.64. The molecule has 1 atom stereocenters. The topological polar surface area (TPSA) is 65.1 Å². The standard InChI is InChI=1S/C12H22N4O/c1-3-10-11(13)12(16(2)15-10)14-6-4-9-5-7-17-8-9/h9,14H,3-8,13H2,1-2H3. The fourth-order valence-electron chi connectivity index (χ4n) is 2.27. The molecule has 0 spiro atoms. The Kier molecular flexibility index (Phi) is 3.89. The summed E-state index contributed by atoms with van der Waals surface area (Å²) >= 11 is 0. The van der Waals surface area contributed by atoms with Crippen LogP contribution in [0, 0.1) is 5.92 Å². The van der Waals surface area contributed by atoms with Crippen molar-refractivity contribution in [2.45, 2.75) is 26.2 Å². The van der Waals surface area contributed by atoms with E-state index in [1.165, 1.54) is 6.42 Å². The lowest BCUT2D eigenvalue weighted by atomic mass is 10.1. The Balaban J connectivity index is 1.87. The summed E-state index contributed by atoms with van der Waals surface area (Å²) in [4.78, 5) is 0. The Morgan fingerprint density at radius 2 is 2.41 bits per heavy atom. The van der Waals surface area contributed by atoms with Crippen molar-refractivity contribution in [1.82, 2.24) is 9.78 Å². The average Bonchev–Trinajstić information content (AvgIpc) is 2.91. The average molecular weight is 238 g/mol. The van der Waals surface area contributed by atoms with E-state index in [1.54, 1.807) is 0 Å². The summed E-state index contributed by atoms with van der Waals surface area (Å²) < 4.78 is 7.19. The monoisotopic (exact) mass is 238 g/mol. The molecular weight excluding hydrogens is 216 g/mol. The predicted molar refractivity (Wildman–Crippen MR) is 69.0 cm³/mol. The van der Waals surface area contributed by atoms with Gasteiger partial charge < -0.3 is 15.8 Å². The first-order valence-corrected chi connectivity index (χ1v) is 6.35. The largest absolute Gasteiger partial charge is 0.394 e. The van der Waals surface area contributed by atoms with E-state index < -0.39 is 0 Å². The molecule has 0 aliphatic carbocycles. The highest BCUT2D eigenvalue weighted by Gasteiger charge is 2.16. The van der Waals surface area contributed by atoms with Crippen molar-refractivity contribution in [3.63, 3.8) is 0 Å². The summed E-state index contributed by atoms with van der Waals surface area (Å²) in [6.45, 7) is 4.82. The van der Waals surface area contributed by atoms with Gasteiger partial charge in [-0.3, -0.25) is 4.68 Å². The summed E-state index contributed by atoms with van der Waals surface area (Å²) in [6.07, 6.45) is 3.19. The van der Waals surface area contributed by atoms with Crippen LogP contribution in [0.3, 0.4) is 0 Å². The second kappa shape index (κ2) is 5.40. The number of anilines is 2. The van der Waals surface area contributed by atoms with Crippen LogP contribution in [-0.4, -0.2) is 29.5 Å². The zero-order valence-electron chi connectivity index (χ0n) is 10.7. The van der Waals surface area contributed by atoms with Crippen molar-refractivity contribution in [3.8, 4) is 0 Å². The number of aryl methyl sites for hydroxylation is 2. The fraction of sp³-hybridized carbons (Fsp3) is 0.750. The molecule has 3 N–H and O–H groups in total. The van der Waals surface area contributed by atoms with E-state index in [0.717, 1.165) is 49.8 Å². The molecule has 1 fully saturated rings. The zero-order chi connectivity index (χ0) is 12.3. The van der Waals surface area contributed by atoms with Crippen molar-refractivity contribution in [2.75, 3.05) is 30.8 Å². The lowest BCUT2D eigenvalue weighted by molar-refractivity contribution is 0.185. The minimum atomic E-state index is 0.697. The fourth-order valence-corrected chi connectivity index (χ4v) is 2.27. The van der Waals surface area contributed by atoms with E-state index in [-0.39, 0.29) is 0 Å². The molecule has 1 aliphatic rings. The van der Waals surface area contributed by atoms with Crippen LogP contribution >= 0.6 is 0 Å². The molecule has 5 nitrogen and oxygen atoms in total. The SMILES string of the molecule is CCc1nn(C)c(NCCC2CCOC2)c1N. The molecule has 1 unspecified atom stereocenters. The molecule has 1 saturated heterocycles. The highest BCUT2D eigenvalue weighted by atomic mass is 16.5. The van der Waals surface area contributed by atoms with Crippen molar-refractivity contribution < 1.29 is 4.74 Å². The van der Waals surface area contributed by atoms with Gasteiger partial charge in [0.05, 0.1) is 11.4 Å². The van der Waals surface area contributed by atoms with Gasteiger partial charge in [0, 0.05) is 26.8 Å². The molecule has 5 heteroatoms. The Hall–Kier alpha value is -1.23. The Labute approximate surface area is 102 Å². The number of nitrogens with zero attached hydrogens (tertiary/aromatic N) is 2. The summed E-state index contributed by atoms with van der Waals surface area (Å²) in [7, 11) is 1.93. The molecular formula is C12H22N4O. The summed E-state index contributed by atoms with van der Waals surface area (Å²) in [6, 6.07) is 0. The molecule has 0 amide bonds. The number of rotatable bonds is 5. The number of ether oxygens (including phenoxy) is 1. The third-order valence-corrected chi connectivity index (χ3v) is 3.36. The van der Waals surface area contributed by atoms with Gasteiger partial charge >= 0.3 is 0 Å². The quantitative estimate of drug-likeness (QED) is 0.814. The highest BCUT2D eigenvalue weighted by molar-refractivity contribution is 5.64. The van der Waals surface area contributed by atoms with Crippen molar-refractivity contribution in [1.29, 1.82) is 0 Å². The molecule has 2 heterocycles. The van der Waals surface area contributed by atoms with Gasteiger partial charge in [-0.15, -0.1) is 0 Å². The number of nitrogens with one attached hydrogen (secondary N) is 1. The van der Waals surface area contributed by atoms with Gasteiger partial charge in [-0.25, -0.2) is 0 Å². The van der Waals surface area contributed by atoms with Gasteiger partial charge in [0.25, 0.3) is 0 Å². The first-order chi connectivity index (χ1) is 8.22. The van der Waals surface area contributed by atoms with Crippen molar-refractivity contribution >= 4 is 11.5 Å². The molecule has 17 heavy (non-hydrogen) atoms. The number of nitrogen functional groups attached to an aromatic ring is 1. The van der Waals surface area contributed by atoms with Gasteiger partial charge in [-0.05, 0) is 25.2 Å². The van der Waals surface area contributed by atoms with Crippen LogP contribution in [0.1, 0.15) is 25.5 Å². The minimum Gasteiger partial charge on any atom is -0.394 e. The van der Waals surface area contributed by atoms with Crippen molar-refractivity contribution in [3.05, 3.63) is 5.69 Å². The third-order valence-electron chi connectivity index (χ3n) is 3.36. The van der Waals surface area contributed by atoms with E-state index in [0.29, 0.717) is 5.92 Å². The minimum absolute atomic E-state index is 0.697. The number of hydrogen-bond donors (Lipinski definition) is 2. The Bertz CT molecular complexity index is 369. The van der Waals surface area contributed by atoms with E-state index in [9.17, 15) is 0 Å². The van der Waals surface area contributed by atoms with Gasteiger partial charge in [0.15, 0.2) is 0 Å². The lowest BCUT2D eigenvalue weighted by Gasteiger charge is -2.10. The Morgan fingerprint density at radius 1 is 1.59 bits per heavy atom. The summed E-state index contributed by atoms with van der Waals surface area (Å²) in [5, 5.41) is 7.77. The van der Waals surface area contributed by atoms with Crippen LogP contribution in [0.2, 0.25) is 0 Å². The van der Waals surface area contributed by atoms with E-state index in [4.69, 9.17) is 10.5 Å². The molecule has 0 aromatic carbocycles. The molecule has 1 aromatic heterocycles. The van der Waals surface area contributed by atoms with E-state index >= 15 is 0 Å².